The number of aliphatic hydroxyl groups is 3. The molecule has 7 N–H and O–H groups in total. The van der Waals surface area contributed by atoms with Crippen molar-refractivity contribution < 1.29 is 61.7 Å². The molecule has 0 amide bonds. The number of hydrogen-bond acceptors (Lipinski definition) is 13. The minimum atomic E-state index is -4.95. The van der Waals surface area contributed by atoms with Gasteiger partial charge in [-0.05, 0) is 24.3 Å². The highest BCUT2D eigenvalue weighted by molar-refractivity contribution is 7.80. The number of ether oxygens (including phenoxy) is 2. The third-order valence-corrected chi connectivity index (χ3v) is 5.76. The number of aliphatic hydroxyl groups excluding tert-OH is 3. The molecule has 15 heteroatoms. The van der Waals surface area contributed by atoms with Gasteiger partial charge in [0.05, 0.1) is 6.61 Å². The summed E-state index contributed by atoms with van der Waals surface area (Å²) in [7, 11) is -4.95. The summed E-state index contributed by atoms with van der Waals surface area (Å²) in [5, 5.41) is 59.9. The standard InChI is InChI=1S/C21H20O14S/c22-9-3-1-8(2-4-9)19-20(16(26)14-11(24)5-10(23)6-12(14)33-19)35-21-18(28)17(27)15(25)13(34-21)7-32-36(29,30)31/h1-6,13,15,17-18,21-25,27-28H,7H2,(H,29,30,31)/t13-,15-,17+,18-,21+/m1/s1. The van der Waals surface area contributed by atoms with Crippen molar-refractivity contribution in [3.63, 3.8) is 0 Å². The van der Waals surface area contributed by atoms with E-state index in [-0.39, 0.29) is 22.7 Å². The fraction of sp³-hybridized carbons (Fsp3) is 0.286. The molecule has 1 fully saturated rings. The van der Waals surface area contributed by atoms with Crippen molar-refractivity contribution in [3.8, 4) is 34.3 Å². The van der Waals surface area contributed by atoms with Crippen molar-refractivity contribution in [1.29, 1.82) is 0 Å². The Bertz CT molecular complexity index is 1430. The highest BCUT2D eigenvalue weighted by Crippen LogP contribution is 2.37. The number of benzene rings is 2. The molecule has 2 aromatic carbocycles. The van der Waals surface area contributed by atoms with E-state index in [0.29, 0.717) is 0 Å². The maximum absolute atomic E-state index is 13.3. The lowest BCUT2D eigenvalue weighted by atomic mass is 9.99. The van der Waals surface area contributed by atoms with E-state index < -0.39 is 75.8 Å². The maximum atomic E-state index is 13.3. The first-order valence-electron chi connectivity index (χ1n) is 10.2. The molecule has 0 radical (unpaired) electrons. The molecule has 4 rings (SSSR count). The van der Waals surface area contributed by atoms with E-state index in [0.717, 1.165) is 12.1 Å². The average molecular weight is 528 g/mol. The number of phenols is 3. The Kier molecular flexibility index (Phi) is 6.80. The van der Waals surface area contributed by atoms with Crippen LogP contribution in [0.2, 0.25) is 0 Å². The number of fused-ring (bicyclic) bond motifs is 1. The summed E-state index contributed by atoms with van der Waals surface area (Å²) >= 11 is 0. The van der Waals surface area contributed by atoms with Gasteiger partial charge in [-0.15, -0.1) is 0 Å². The van der Waals surface area contributed by atoms with Gasteiger partial charge >= 0.3 is 10.4 Å². The zero-order valence-electron chi connectivity index (χ0n) is 18.0. The Morgan fingerprint density at radius 3 is 2.22 bits per heavy atom. The zero-order chi connectivity index (χ0) is 26.4. The van der Waals surface area contributed by atoms with Gasteiger partial charge in [-0.2, -0.15) is 8.42 Å². The van der Waals surface area contributed by atoms with Gasteiger partial charge in [-0.3, -0.25) is 9.35 Å². The van der Waals surface area contributed by atoms with Crippen LogP contribution in [0.25, 0.3) is 22.3 Å². The molecule has 36 heavy (non-hydrogen) atoms. The van der Waals surface area contributed by atoms with Gasteiger partial charge in [0.1, 0.15) is 52.6 Å². The number of phenolic OH excluding ortho intramolecular Hbond substituents is 3. The molecule has 0 saturated carbocycles. The Morgan fingerprint density at radius 1 is 0.917 bits per heavy atom. The summed E-state index contributed by atoms with van der Waals surface area (Å²) in [6.07, 6.45) is -9.37. The molecule has 194 valence electrons. The first-order valence-corrected chi connectivity index (χ1v) is 11.5. The lowest BCUT2D eigenvalue weighted by Crippen LogP contribution is -2.60. The topological polar surface area (TPSA) is 234 Å². The summed E-state index contributed by atoms with van der Waals surface area (Å²) < 4.78 is 51.3. The molecule has 0 bridgehead atoms. The molecule has 1 aliphatic rings. The van der Waals surface area contributed by atoms with Crippen molar-refractivity contribution in [1.82, 2.24) is 0 Å². The summed E-state index contributed by atoms with van der Waals surface area (Å²) in [5.41, 5.74) is -1.06. The second kappa shape index (κ2) is 9.55. The first-order chi connectivity index (χ1) is 16.9. The van der Waals surface area contributed by atoms with Gasteiger partial charge in [-0.25, -0.2) is 4.18 Å². The van der Waals surface area contributed by atoms with Crippen LogP contribution in [0.3, 0.4) is 0 Å². The van der Waals surface area contributed by atoms with Crippen LogP contribution in [0.5, 0.6) is 23.0 Å². The third kappa shape index (κ3) is 5.07. The Morgan fingerprint density at radius 2 is 1.58 bits per heavy atom. The van der Waals surface area contributed by atoms with Crippen molar-refractivity contribution in [2.75, 3.05) is 6.61 Å². The third-order valence-electron chi connectivity index (χ3n) is 5.33. The van der Waals surface area contributed by atoms with Gasteiger partial charge in [0.25, 0.3) is 0 Å². The molecule has 3 aromatic rings. The molecule has 0 spiro atoms. The van der Waals surface area contributed by atoms with Gasteiger partial charge in [0, 0.05) is 17.7 Å². The van der Waals surface area contributed by atoms with Crippen molar-refractivity contribution in [2.24, 2.45) is 0 Å². The summed E-state index contributed by atoms with van der Waals surface area (Å²) in [4.78, 5) is 13.3. The molecular formula is C21H20O14S. The van der Waals surface area contributed by atoms with Crippen molar-refractivity contribution >= 4 is 21.4 Å². The number of hydrogen-bond donors (Lipinski definition) is 7. The molecule has 5 atom stereocenters. The smallest absolute Gasteiger partial charge is 0.397 e. The fourth-order valence-corrected chi connectivity index (χ4v) is 3.91. The minimum absolute atomic E-state index is 0.121. The predicted molar refractivity (Wildman–Crippen MR) is 118 cm³/mol. The molecule has 1 aromatic heterocycles. The van der Waals surface area contributed by atoms with Crippen LogP contribution in [0.1, 0.15) is 0 Å². The molecule has 2 heterocycles. The molecule has 0 unspecified atom stereocenters. The van der Waals surface area contributed by atoms with E-state index in [2.05, 4.69) is 4.18 Å². The zero-order valence-corrected chi connectivity index (χ0v) is 18.8. The molecule has 14 nitrogen and oxygen atoms in total. The predicted octanol–water partition coefficient (Wildman–Crippen LogP) is -0.417. The van der Waals surface area contributed by atoms with Gasteiger partial charge in [-0.1, -0.05) is 0 Å². The van der Waals surface area contributed by atoms with Crippen LogP contribution in [-0.4, -0.2) is 80.9 Å². The Balaban J connectivity index is 1.81. The normalized spacial score (nSPS) is 24.6. The van der Waals surface area contributed by atoms with E-state index >= 15 is 0 Å². The van der Waals surface area contributed by atoms with Gasteiger partial charge in [0.15, 0.2) is 5.76 Å². The summed E-state index contributed by atoms with van der Waals surface area (Å²) in [5.74, 6) is -2.14. The second-order valence-electron chi connectivity index (χ2n) is 7.82. The monoisotopic (exact) mass is 528 g/mol. The van der Waals surface area contributed by atoms with Crippen molar-refractivity contribution in [2.45, 2.75) is 30.7 Å². The molecule has 1 aliphatic heterocycles. The maximum Gasteiger partial charge on any atom is 0.397 e. The van der Waals surface area contributed by atoms with E-state index in [1.165, 1.54) is 24.3 Å². The van der Waals surface area contributed by atoms with Crippen LogP contribution in [-0.2, 0) is 19.3 Å². The van der Waals surface area contributed by atoms with Crippen molar-refractivity contribution in [3.05, 3.63) is 46.6 Å². The lowest BCUT2D eigenvalue weighted by Gasteiger charge is -2.39. The molecular weight excluding hydrogens is 508 g/mol. The quantitative estimate of drug-likeness (QED) is 0.201. The van der Waals surface area contributed by atoms with Gasteiger partial charge < -0.3 is 44.5 Å². The van der Waals surface area contributed by atoms with Crippen LogP contribution < -0.4 is 10.2 Å². The molecule has 0 aliphatic carbocycles. The first kappa shape index (κ1) is 25.6. The summed E-state index contributed by atoms with van der Waals surface area (Å²) in [6, 6.07) is 7.13. The minimum Gasteiger partial charge on any atom is -0.508 e. The average Bonchev–Trinajstić information content (AvgIpc) is 2.79. The van der Waals surface area contributed by atoms with Crippen LogP contribution in [0.15, 0.2) is 45.6 Å². The number of aromatic hydroxyl groups is 3. The Labute approximate surface area is 201 Å². The summed E-state index contributed by atoms with van der Waals surface area (Å²) in [6.45, 7) is -0.985. The largest absolute Gasteiger partial charge is 0.508 e. The van der Waals surface area contributed by atoms with E-state index in [1.807, 2.05) is 0 Å². The lowest BCUT2D eigenvalue weighted by molar-refractivity contribution is -0.276. The van der Waals surface area contributed by atoms with Gasteiger partial charge in [0.2, 0.25) is 17.5 Å². The SMILES string of the molecule is O=c1c(O[C@@H]2O[C@H](COS(=O)(=O)O)[C@@H](O)[C@H](O)[C@H]2O)c(-c2ccc(O)cc2)oc2cc(O)cc(O)c12. The highest BCUT2D eigenvalue weighted by atomic mass is 32.3. The fourth-order valence-electron chi connectivity index (χ4n) is 3.60. The number of rotatable bonds is 6. The van der Waals surface area contributed by atoms with E-state index in [1.54, 1.807) is 0 Å². The van der Waals surface area contributed by atoms with Crippen LogP contribution in [0.4, 0.5) is 0 Å². The van der Waals surface area contributed by atoms with Crippen LogP contribution in [0, 0.1) is 0 Å². The van der Waals surface area contributed by atoms with Crippen LogP contribution >= 0.6 is 0 Å². The Hall–Kier alpha value is -3.44. The van der Waals surface area contributed by atoms with E-state index in [9.17, 15) is 43.9 Å². The molecule has 1 saturated heterocycles. The van der Waals surface area contributed by atoms with E-state index in [4.69, 9.17) is 18.4 Å². The highest BCUT2D eigenvalue weighted by Gasteiger charge is 2.46. The second-order valence-corrected chi connectivity index (χ2v) is 8.91.